The van der Waals surface area contributed by atoms with E-state index in [1.54, 1.807) is 21.0 Å². The molecule has 0 saturated carbocycles. The van der Waals surface area contributed by atoms with Crippen LogP contribution in [0.25, 0.3) is 0 Å². The van der Waals surface area contributed by atoms with Gasteiger partial charge in [-0.1, -0.05) is 12.1 Å². The number of aliphatic carboxylic acids is 1. The predicted molar refractivity (Wildman–Crippen MR) is 65.8 cm³/mol. The second-order valence-electron chi connectivity index (χ2n) is 4.30. The van der Waals surface area contributed by atoms with Crippen LogP contribution >= 0.6 is 15.9 Å². The number of hydrogen-bond acceptors (Lipinski definition) is 2. The largest absolute Gasteiger partial charge is 0.496 e. The highest BCUT2D eigenvalue weighted by Gasteiger charge is 2.28. The first kappa shape index (κ1) is 13.0. The van der Waals surface area contributed by atoms with Crippen molar-refractivity contribution in [2.45, 2.75) is 20.3 Å². The Labute approximate surface area is 104 Å². The molecule has 0 radical (unpaired) electrons. The number of hydrogen-bond donors (Lipinski definition) is 1. The van der Waals surface area contributed by atoms with E-state index in [2.05, 4.69) is 15.9 Å². The molecular weight excluding hydrogens is 272 g/mol. The zero-order valence-corrected chi connectivity index (χ0v) is 11.2. The fourth-order valence-corrected chi connectivity index (χ4v) is 1.97. The van der Waals surface area contributed by atoms with Crippen LogP contribution < -0.4 is 4.74 Å². The van der Waals surface area contributed by atoms with Gasteiger partial charge in [0.05, 0.1) is 17.0 Å². The van der Waals surface area contributed by atoms with Crippen LogP contribution in [0.5, 0.6) is 5.75 Å². The van der Waals surface area contributed by atoms with Crippen LogP contribution in [0.15, 0.2) is 22.7 Å². The molecule has 0 bridgehead atoms. The van der Waals surface area contributed by atoms with Gasteiger partial charge < -0.3 is 9.84 Å². The van der Waals surface area contributed by atoms with E-state index in [1.165, 1.54) is 0 Å². The van der Waals surface area contributed by atoms with E-state index in [9.17, 15) is 4.79 Å². The fourth-order valence-electron chi connectivity index (χ4n) is 1.40. The number of halogens is 1. The van der Waals surface area contributed by atoms with E-state index < -0.39 is 11.4 Å². The van der Waals surface area contributed by atoms with Crippen molar-refractivity contribution in [3.8, 4) is 5.75 Å². The molecule has 1 aromatic carbocycles. The first-order valence-corrected chi connectivity index (χ1v) is 5.72. The minimum Gasteiger partial charge on any atom is -0.496 e. The molecule has 0 aliphatic heterocycles. The third-order valence-electron chi connectivity index (χ3n) is 2.47. The lowest BCUT2D eigenvalue weighted by atomic mass is 9.86. The van der Waals surface area contributed by atoms with Crippen LogP contribution in [0, 0.1) is 5.41 Å². The monoisotopic (exact) mass is 286 g/mol. The van der Waals surface area contributed by atoms with E-state index in [-0.39, 0.29) is 0 Å². The van der Waals surface area contributed by atoms with Gasteiger partial charge >= 0.3 is 5.97 Å². The van der Waals surface area contributed by atoms with Gasteiger partial charge in [-0.15, -0.1) is 0 Å². The highest BCUT2D eigenvalue weighted by atomic mass is 79.9. The fraction of sp³-hybridized carbons (Fsp3) is 0.417. The zero-order valence-electron chi connectivity index (χ0n) is 9.58. The van der Waals surface area contributed by atoms with Gasteiger partial charge in [-0.05, 0) is 47.8 Å². The number of methoxy groups -OCH3 is 1. The van der Waals surface area contributed by atoms with Gasteiger partial charge in [0.1, 0.15) is 5.75 Å². The van der Waals surface area contributed by atoms with Gasteiger partial charge in [0.15, 0.2) is 0 Å². The molecule has 0 spiro atoms. The van der Waals surface area contributed by atoms with Gasteiger partial charge in [0, 0.05) is 0 Å². The molecule has 88 valence electrons. The minimum atomic E-state index is -0.804. The van der Waals surface area contributed by atoms with E-state index in [1.807, 2.05) is 18.2 Å². The molecular formula is C12H15BrO3. The Balaban J connectivity index is 3.02. The topological polar surface area (TPSA) is 46.5 Å². The standard InChI is InChI=1S/C12H15BrO3/c1-12(2,11(14)15)7-8-5-4-6-9(16-3)10(8)13/h4-6H,7H2,1-3H3,(H,14,15). The van der Waals surface area contributed by atoms with Gasteiger partial charge in [-0.3, -0.25) is 4.79 Å². The van der Waals surface area contributed by atoms with Gasteiger partial charge in [0.25, 0.3) is 0 Å². The Morgan fingerprint density at radius 2 is 2.12 bits per heavy atom. The van der Waals surface area contributed by atoms with E-state index in [4.69, 9.17) is 9.84 Å². The second kappa shape index (κ2) is 4.87. The normalized spacial score (nSPS) is 11.2. The van der Waals surface area contributed by atoms with Crippen molar-refractivity contribution in [3.63, 3.8) is 0 Å². The van der Waals surface area contributed by atoms with Crippen molar-refractivity contribution in [1.82, 2.24) is 0 Å². The average Bonchev–Trinajstić information content (AvgIpc) is 2.20. The number of rotatable bonds is 4. The summed E-state index contributed by atoms with van der Waals surface area (Å²) in [5.74, 6) is -0.0825. The molecule has 1 N–H and O–H groups in total. The van der Waals surface area contributed by atoms with Crippen LogP contribution in [-0.2, 0) is 11.2 Å². The lowest BCUT2D eigenvalue weighted by Crippen LogP contribution is -2.26. The van der Waals surface area contributed by atoms with E-state index in [0.29, 0.717) is 6.42 Å². The second-order valence-corrected chi connectivity index (χ2v) is 5.09. The lowest BCUT2D eigenvalue weighted by Gasteiger charge is -2.20. The van der Waals surface area contributed by atoms with Crippen molar-refractivity contribution < 1.29 is 14.6 Å². The van der Waals surface area contributed by atoms with Crippen molar-refractivity contribution in [2.75, 3.05) is 7.11 Å². The Morgan fingerprint density at radius 1 is 1.50 bits per heavy atom. The minimum absolute atomic E-state index is 0.458. The van der Waals surface area contributed by atoms with Crippen LogP contribution in [0.2, 0.25) is 0 Å². The molecule has 16 heavy (non-hydrogen) atoms. The molecule has 0 unspecified atom stereocenters. The quantitative estimate of drug-likeness (QED) is 0.925. The summed E-state index contributed by atoms with van der Waals surface area (Å²) in [7, 11) is 1.59. The Hall–Kier alpha value is -1.03. The molecule has 0 fully saturated rings. The average molecular weight is 287 g/mol. The maximum absolute atomic E-state index is 11.0. The first-order chi connectivity index (χ1) is 7.38. The SMILES string of the molecule is COc1cccc(CC(C)(C)C(=O)O)c1Br. The van der Waals surface area contributed by atoms with Gasteiger partial charge in [-0.2, -0.15) is 0 Å². The highest BCUT2D eigenvalue weighted by Crippen LogP contribution is 2.32. The molecule has 0 heterocycles. The highest BCUT2D eigenvalue weighted by molar-refractivity contribution is 9.10. The van der Waals surface area contributed by atoms with Crippen molar-refractivity contribution in [1.29, 1.82) is 0 Å². The molecule has 0 aliphatic carbocycles. The number of ether oxygens (including phenoxy) is 1. The molecule has 1 rings (SSSR count). The summed E-state index contributed by atoms with van der Waals surface area (Å²) in [4.78, 5) is 11.0. The summed E-state index contributed by atoms with van der Waals surface area (Å²) in [5, 5.41) is 9.07. The summed E-state index contributed by atoms with van der Waals surface area (Å²) in [6.07, 6.45) is 0.458. The van der Waals surface area contributed by atoms with Crippen molar-refractivity contribution in [2.24, 2.45) is 5.41 Å². The summed E-state index contributed by atoms with van der Waals surface area (Å²) >= 11 is 3.43. The molecule has 4 heteroatoms. The van der Waals surface area contributed by atoms with Crippen LogP contribution in [-0.4, -0.2) is 18.2 Å². The lowest BCUT2D eigenvalue weighted by molar-refractivity contribution is -0.146. The summed E-state index contributed by atoms with van der Waals surface area (Å²) < 4.78 is 5.99. The molecule has 0 atom stereocenters. The Kier molecular flexibility index (Phi) is 3.97. The maximum atomic E-state index is 11.0. The predicted octanol–water partition coefficient (Wildman–Crippen LogP) is 3.11. The van der Waals surface area contributed by atoms with E-state index in [0.717, 1.165) is 15.8 Å². The third kappa shape index (κ3) is 2.76. The Morgan fingerprint density at radius 3 is 2.62 bits per heavy atom. The van der Waals surface area contributed by atoms with Crippen LogP contribution in [0.1, 0.15) is 19.4 Å². The summed E-state index contributed by atoms with van der Waals surface area (Å²) in [6.45, 7) is 3.42. The zero-order chi connectivity index (χ0) is 12.3. The number of carboxylic acids is 1. The van der Waals surface area contributed by atoms with Crippen LogP contribution in [0.3, 0.4) is 0 Å². The molecule has 1 aromatic rings. The first-order valence-electron chi connectivity index (χ1n) is 4.93. The smallest absolute Gasteiger partial charge is 0.309 e. The van der Waals surface area contributed by atoms with Gasteiger partial charge in [0.2, 0.25) is 0 Å². The van der Waals surface area contributed by atoms with E-state index >= 15 is 0 Å². The maximum Gasteiger partial charge on any atom is 0.309 e. The molecule has 0 saturated heterocycles. The van der Waals surface area contributed by atoms with Crippen molar-refractivity contribution in [3.05, 3.63) is 28.2 Å². The molecule has 0 aromatic heterocycles. The molecule has 0 amide bonds. The number of benzene rings is 1. The molecule has 0 aliphatic rings. The molecule has 3 nitrogen and oxygen atoms in total. The third-order valence-corrected chi connectivity index (χ3v) is 3.37. The summed E-state index contributed by atoms with van der Waals surface area (Å²) in [6, 6.07) is 5.59. The number of carbonyl (C=O) groups is 1. The number of carboxylic acid groups (broad SMARTS) is 1. The van der Waals surface area contributed by atoms with Crippen LogP contribution in [0.4, 0.5) is 0 Å². The van der Waals surface area contributed by atoms with Crippen molar-refractivity contribution >= 4 is 21.9 Å². The summed E-state index contributed by atoms with van der Waals surface area (Å²) in [5.41, 5.74) is 0.154. The van der Waals surface area contributed by atoms with Gasteiger partial charge in [-0.25, -0.2) is 0 Å². The Bertz CT molecular complexity index is 399.